The fourth-order valence-corrected chi connectivity index (χ4v) is 2.71. The molecule has 2 unspecified atom stereocenters. The first-order valence-corrected chi connectivity index (χ1v) is 7.06. The molecule has 106 valence electrons. The third-order valence-corrected chi connectivity index (χ3v) is 4.14. The smallest absolute Gasteiger partial charge is 0.180 e. The van der Waals surface area contributed by atoms with Crippen molar-refractivity contribution in [3.63, 3.8) is 0 Å². The van der Waals surface area contributed by atoms with E-state index in [1.165, 1.54) is 11.4 Å². The minimum atomic E-state index is -0.402. The fourth-order valence-electron chi connectivity index (χ4n) is 2.71. The van der Waals surface area contributed by atoms with E-state index < -0.39 is 6.10 Å². The summed E-state index contributed by atoms with van der Waals surface area (Å²) in [4.78, 5) is 0. The van der Waals surface area contributed by atoms with Crippen molar-refractivity contribution in [1.82, 2.24) is 0 Å². The third-order valence-electron chi connectivity index (χ3n) is 4.14. The van der Waals surface area contributed by atoms with E-state index in [1.807, 2.05) is 24.6 Å². The van der Waals surface area contributed by atoms with E-state index in [2.05, 4.69) is 48.3 Å². The van der Waals surface area contributed by atoms with Gasteiger partial charge < -0.3 is 5.11 Å². The lowest BCUT2D eigenvalue weighted by Gasteiger charge is -2.07. The number of β-amino-alcohol motifs (C(OH)–C–C–N with tert-alkyl or cyclic N) is 1. The molecule has 0 aliphatic carbocycles. The van der Waals surface area contributed by atoms with E-state index in [-0.39, 0.29) is 0 Å². The largest absolute Gasteiger partial charge is 0.381 e. The van der Waals surface area contributed by atoms with Gasteiger partial charge >= 0.3 is 0 Å². The zero-order valence-electron chi connectivity index (χ0n) is 12.4. The van der Waals surface area contributed by atoms with Crippen molar-refractivity contribution < 1.29 is 14.3 Å². The molecular formula is C17H24N2O+2. The predicted molar refractivity (Wildman–Crippen MR) is 83.3 cm³/mol. The molecule has 2 rings (SSSR count). The highest BCUT2D eigenvalue weighted by molar-refractivity contribution is 5.85. The first kappa shape index (κ1) is 14.7. The van der Waals surface area contributed by atoms with E-state index >= 15 is 0 Å². The quantitative estimate of drug-likeness (QED) is 0.580. The van der Waals surface area contributed by atoms with Crippen LogP contribution in [0.1, 0.15) is 13.8 Å². The summed E-state index contributed by atoms with van der Waals surface area (Å²) in [7, 11) is 0. The molecule has 2 atom stereocenters. The zero-order valence-corrected chi connectivity index (χ0v) is 12.4. The van der Waals surface area contributed by atoms with E-state index in [0.717, 1.165) is 0 Å². The van der Waals surface area contributed by atoms with Crippen LogP contribution in [-0.2, 0) is 0 Å². The molecule has 0 saturated carbocycles. The molecule has 3 nitrogen and oxygen atoms in total. The van der Waals surface area contributed by atoms with Crippen molar-refractivity contribution in [3.8, 4) is 0 Å². The van der Waals surface area contributed by atoms with E-state index in [9.17, 15) is 5.11 Å². The van der Waals surface area contributed by atoms with Crippen LogP contribution in [0.5, 0.6) is 0 Å². The molecule has 0 aromatic heterocycles. The average molecular weight is 272 g/mol. The summed E-state index contributed by atoms with van der Waals surface area (Å²) in [6.07, 6.45) is 11.7. The molecule has 0 bridgehead atoms. The van der Waals surface area contributed by atoms with Crippen LogP contribution < -0.4 is 0 Å². The lowest BCUT2D eigenvalue weighted by atomic mass is 10.1. The number of allylic oxidation sites excluding steroid dienone is 4. The molecule has 0 aromatic rings. The second-order valence-corrected chi connectivity index (χ2v) is 5.45. The molecule has 3 heteroatoms. The average Bonchev–Trinajstić information content (AvgIpc) is 2.95. The molecule has 0 radical (unpaired) electrons. The van der Waals surface area contributed by atoms with Gasteiger partial charge in [0, 0.05) is 13.8 Å². The molecule has 2 heterocycles. The Morgan fingerprint density at radius 2 is 1.45 bits per heavy atom. The molecule has 20 heavy (non-hydrogen) atoms. The van der Waals surface area contributed by atoms with E-state index in [4.69, 9.17) is 0 Å². The molecule has 0 saturated heterocycles. The molecule has 0 amide bonds. The summed E-state index contributed by atoms with van der Waals surface area (Å²) in [6.45, 7) is 13.0. The van der Waals surface area contributed by atoms with Crippen molar-refractivity contribution in [2.45, 2.75) is 20.0 Å². The number of nitrogens with zero attached hydrogens (tertiary/aromatic N) is 2. The molecule has 0 spiro atoms. The highest BCUT2D eigenvalue weighted by atomic mass is 16.3. The van der Waals surface area contributed by atoms with Crippen molar-refractivity contribution in [1.29, 1.82) is 0 Å². The normalized spacial score (nSPS) is 26.6. The maximum atomic E-state index is 10.3. The van der Waals surface area contributed by atoms with Gasteiger partial charge in [0.2, 0.25) is 0 Å². The van der Waals surface area contributed by atoms with Crippen molar-refractivity contribution >= 4 is 11.4 Å². The molecule has 0 aromatic carbocycles. The number of hydrogen-bond donors (Lipinski definition) is 1. The Morgan fingerprint density at radius 1 is 1.05 bits per heavy atom. The van der Waals surface area contributed by atoms with Gasteiger partial charge in [-0.05, 0) is 12.2 Å². The standard InChI is InChI=1S/C17H24N2O/c1-5-15-7-9-18(13(15)3)11-17(20)12-19-10-8-16(6-2)14(19)4/h5-10,15-17,20H,1-2,11-12H2,3-4H3/q+2. The summed E-state index contributed by atoms with van der Waals surface area (Å²) in [5.41, 5.74) is 2.45. The van der Waals surface area contributed by atoms with Crippen LogP contribution in [-0.4, -0.2) is 44.9 Å². The van der Waals surface area contributed by atoms with Gasteiger partial charge in [-0.3, -0.25) is 0 Å². The zero-order chi connectivity index (χ0) is 14.7. The number of aliphatic hydroxyl groups excluding tert-OH is 1. The Hall–Kier alpha value is -1.74. The highest BCUT2D eigenvalue weighted by Gasteiger charge is 2.28. The summed E-state index contributed by atoms with van der Waals surface area (Å²) >= 11 is 0. The third kappa shape index (κ3) is 2.88. The number of aliphatic hydroxyl groups is 1. The van der Waals surface area contributed by atoms with Gasteiger partial charge in [-0.2, -0.15) is 0 Å². The number of rotatable bonds is 6. The Labute approximate surface area is 121 Å². The maximum Gasteiger partial charge on any atom is 0.180 e. The van der Waals surface area contributed by atoms with Gasteiger partial charge in [-0.25, -0.2) is 9.15 Å². The first-order valence-electron chi connectivity index (χ1n) is 7.06. The second kappa shape index (κ2) is 6.14. The SMILES string of the molecule is C=CC1C=C[N+](CC(O)C[N+]2=C(C)C(C=C)C=C2)=C1C. The van der Waals surface area contributed by atoms with Crippen LogP contribution in [0.2, 0.25) is 0 Å². The minimum Gasteiger partial charge on any atom is -0.381 e. The molecule has 1 N–H and O–H groups in total. The number of hydrogen-bond acceptors (Lipinski definition) is 1. The van der Waals surface area contributed by atoms with Gasteiger partial charge in [-0.1, -0.05) is 12.2 Å². The summed E-state index contributed by atoms with van der Waals surface area (Å²) in [5, 5.41) is 10.3. The van der Waals surface area contributed by atoms with Crippen LogP contribution >= 0.6 is 0 Å². The maximum absolute atomic E-state index is 10.3. The first-order chi connectivity index (χ1) is 9.56. The lowest BCUT2D eigenvalue weighted by molar-refractivity contribution is -0.504. The molecular weight excluding hydrogens is 248 g/mol. The van der Waals surface area contributed by atoms with Gasteiger partial charge in [0.25, 0.3) is 0 Å². The Balaban J connectivity index is 1.99. The Morgan fingerprint density at radius 3 is 1.75 bits per heavy atom. The van der Waals surface area contributed by atoms with Crippen molar-refractivity contribution in [2.24, 2.45) is 11.8 Å². The second-order valence-electron chi connectivity index (χ2n) is 5.45. The van der Waals surface area contributed by atoms with Gasteiger partial charge in [-0.15, -0.1) is 13.2 Å². The van der Waals surface area contributed by atoms with Crippen LogP contribution in [0.4, 0.5) is 0 Å². The van der Waals surface area contributed by atoms with Gasteiger partial charge in [0.1, 0.15) is 0 Å². The molecule has 0 fully saturated rings. The van der Waals surface area contributed by atoms with Crippen LogP contribution in [0.25, 0.3) is 0 Å². The lowest BCUT2D eigenvalue weighted by Crippen LogP contribution is -2.32. The van der Waals surface area contributed by atoms with E-state index in [1.54, 1.807) is 0 Å². The van der Waals surface area contributed by atoms with Crippen LogP contribution in [0, 0.1) is 11.8 Å². The molecule has 2 aliphatic rings. The van der Waals surface area contributed by atoms with Gasteiger partial charge in [0.05, 0.1) is 11.8 Å². The summed E-state index contributed by atoms with van der Waals surface area (Å²) < 4.78 is 4.22. The highest BCUT2D eigenvalue weighted by Crippen LogP contribution is 2.13. The summed E-state index contributed by atoms with van der Waals surface area (Å²) in [5.74, 6) is 0.597. The molecule has 2 aliphatic heterocycles. The van der Waals surface area contributed by atoms with Crippen LogP contribution in [0.15, 0.2) is 49.9 Å². The summed E-state index contributed by atoms with van der Waals surface area (Å²) in [6, 6.07) is 0. The Bertz CT molecular complexity index is 489. The van der Waals surface area contributed by atoms with Crippen LogP contribution in [0.3, 0.4) is 0 Å². The van der Waals surface area contributed by atoms with Crippen molar-refractivity contribution in [2.75, 3.05) is 13.1 Å². The predicted octanol–water partition coefficient (Wildman–Crippen LogP) is 1.95. The topological polar surface area (TPSA) is 26.2 Å². The Kier molecular flexibility index (Phi) is 4.50. The van der Waals surface area contributed by atoms with Crippen molar-refractivity contribution in [3.05, 3.63) is 49.9 Å². The fraction of sp³-hybridized carbons (Fsp3) is 0.412. The monoisotopic (exact) mass is 272 g/mol. The minimum absolute atomic E-state index is 0.298. The van der Waals surface area contributed by atoms with Gasteiger partial charge in [0.15, 0.2) is 43.0 Å². The van der Waals surface area contributed by atoms with E-state index in [0.29, 0.717) is 24.9 Å².